The predicted molar refractivity (Wildman–Crippen MR) is 65.2 cm³/mol. The molecule has 0 aliphatic carbocycles. The Bertz CT molecular complexity index is 479. The number of rotatable bonds is 6. The summed E-state index contributed by atoms with van der Waals surface area (Å²) in [5.74, 6) is -0.855. The van der Waals surface area contributed by atoms with Gasteiger partial charge in [-0.2, -0.15) is 0 Å². The Morgan fingerprint density at radius 3 is 3.18 bits per heavy atom. The summed E-state index contributed by atoms with van der Waals surface area (Å²) < 4.78 is 1.97. The third-order valence-corrected chi connectivity index (χ3v) is 3.31. The van der Waals surface area contributed by atoms with Crippen molar-refractivity contribution in [3.05, 3.63) is 40.6 Å². The minimum Gasteiger partial charge on any atom is -0.477 e. The van der Waals surface area contributed by atoms with Gasteiger partial charge in [0, 0.05) is 32.0 Å². The summed E-state index contributed by atoms with van der Waals surface area (Å²) in [5.41, 5.74) is 0.841. The van der Waals surface area contributed by atoms with Crippen LogP contribution in [0, 0.1) is 0 Å². The molecule has 0 saturated heterocycles. The fourth-order valence-electron chi connectivity index (χ4n) is 1.51. The Balaban J connectivity index is 1.78. The number of aromatic nitrogens is 2. The Kier molecular flexibility index (Phi) is 3.89. The molecule has 2 rings (SSSR count). The van der Waals surface area contributed by atoms with E-state index in [2.05, 4.69) is 10.3 Å². The van der Waals surface area contributed by atoms with Crippen LogP contribution < -0.4 is 5.32 Å². The summed E-state index contributed by atoms with van der Waals surface area (Å²) in [6, 6.07) is 1.85. The van der Waals surface area contributed by atoms with Gasteiger partial charge in [-0.1, -0.05) is 0 Å². The molecule has 0 aromatic carbocycles. The number of carboxylic acid groups (broad SMARTS) is 1. The zero-order valence-electron chi connectivity index (χ0n) is 9.17. The summed E-state index contributed by atoms with van der Waals surface area (Å²) in [6.45, 7) is 2.19. The molecule has 2 heterocycles. The molecule has 17 heavy (non-hydrogen) atoms. The van der Waals surface area contributed by atoms with E-state index >= 15 is 0 Å². The molecular formula is C11H13N3O2S. The van der Waals surface area contributed by atoms with E-state index in [0.29, 0.717) is 11.4 Å². The van der Waals surface area contributed by atoms with Crippen molar-refractivity contribution in [1.82, 2.24) is 14.9 Å². The van der Waals surface area contributed by atoms with Crippen molar-refractivity contribution in [3.8, 4) is 0 Å². The molecule has 0 aliphatic heterocycles. The predicted octanol–water partition coefficient (Wildman–Crippen LogP) is 1.43. The second-order valence-electron chi connectivity index (χ2n) is 3.56. The average Bonchev–Trinajstić information content (AvgIpc) is 2.95. The van der Waals surface area contributed by atoms with Crippen LogP contribution in [0.25, 0.3) is 0 Å². The smallest absolute Gasteiger partial charge is 0.346 e. The van der Waals surface area contributed by atoms with E-state index in [4.69, 9.17) is 5.11 Å². The third kappa shape index (κ3) is 3.15. The molecule has 0 saturated carbocycles. The number of carboxylic acids is 1. The SMILES string of the molecule is O=C(O)c1sccc1CNCCn1ccnc1. The van der Waals surface area contributed by atoms with E-state index in [0.717, 1.165) is 18.7 Å². The average molecular weight is 251 g/mol. The van der Waals surface area contributed by atoms with E-state index in [-0.39, 0.29) is 0 Å². The quantitative estimate of drug-likeness (QED) is 0.762. The number of thiophene rings is 1. The second kappa shape index (κ2) is 5.60. The van der Waals surface area contributed by atoms with E-state index in [1.54, 1.807) is 17.9 Å². The van der Waals surface area contributed by atoms with E-state index < -0.39 is 5.97 Å². The minimum absolute atomic E-state index is 0.417. The first-order chi connectivity index (χ1) is 8.27. The number of imidazole rings is 1. The van der Waals surface area contributed by atoms with Crippen LogP contribution in [0.1, 0.15) is 15.2 Å². The van der Waals surface area contributed by atoms with Gasteiger partial charge in [-0.25, -0.2) is 9.78 Å². The molecule has 0 fully saturated rings. The summed E-state index contributed by atoms with van der Waals surface area (Å²) in [4.78, 5) is 15.2. The zero-order valence-corrected chi connectivity index (χ0v) is 9.98. The van der Waals surface area contributed by atoms with Crippen LogP contribution in [0.2, 0.25) is 0 Å². The van der Waals surface area contributed by atoms with Crippen molar-refractivity contribution in [3.63, 3.8) is 0 Å². The molecule has 2 aromatic heterocycles. The van der Waals surface area contributed by atoms with Crippen molar-refractivity contribution in [1.29, 1.82) is 0 Å². The monoisotopic (exact) mass is 251 g/mol. The number of hydrogen-bond acceptors (Lipinski definition) is 4. The molecule has 2 N–H and O–H groups in total. The molecule has 0 bridgehead atoms. The number of aromatic carboxylic acids is 1. The maximum Gasteiger partial charge on any atom is 0.346 e. The maximum atomic E-state index is 10.9. The van der Waals surface area contributed by atoms with E-state index in [1.165, 1.54) is 11.3 Å². The largest absolute Gasteiger partial charge is 0.477 e. The van der Waals surface area contributed by atoms with Crippen molar-refractivity contribution < 1.29 is 9.90 Å². The molecule has 90 valence electrons. The van der Waals surface area contributed by atoms with Gasteiger partial charge in [0.25, 0.3) is 0 Å². The molecule has 2 aromatic rings. The highest BCUT2D eigenvalue weighted by Gasteiger charge is 2.10. The van der Waals surface area contributed by atoms with Crippen LogP contribution in [0.15, 0.2) is 30.2 Å². The van der Waals surface area contributed by atoms with Crippen LogP contribution in [0.3, 0.4) is 0 Å². The molecule has 0 atom stereocenters. The highest BCUT2D eigenvalue weighted by atomic mass is 32.1. The Labute approximate surface area is 103 Å². The summed E-state index contributed by atoms with van der Waals surface area (Å²) >= 11 is 1.26. The van der Waals surface area contributed by atoms with Crippen LogP contribution in [0.5, 0.6) is 0 Å². The number of hydrogen-bond donors (Lipinski definition) is 2. The minimum atomic E-state index is -0.855. The summed E-state index contributed by atoms with van der Waals surface area (Å²) in [5, 5.41) is 13.9. The lowest BCUT2D eigenvalue weighted by Gasteiger charge is -2.05. The van der Waals surface area contributed by atoms with Gasteiger partial charge in [-0.15, -0.1) is 11.3 Å². The van der Waals surface area contributed by atoms with Gasteiger partial charge in [0.1, 0.15) is 4.88 Å². The van der Waals surface area contributed by atoms with E-state index in [9.17, 15) is 4.79 Å². The summed E-state index contributed by atoms with van der Waals surface area (Å²) in [6.07, 6.45) is 5.39. The Morgan fingerprint density at radius 2 is 2.47 bits per heavy atom. The Morgan fingerprint density at radius 1 is 1.59 bits per heavy atom. The first-order valence-electron chi connectivity index (χ1n) is 5.23. The fourth-order valence-corrected chi connectivity index (χ4v) is 2.27. The highest BCUT2D eigenvalue weighted by molar-refractivity contribution is 7.12. The molecule has 0 amide bonds. The molecule has 0 radical (unpaired) electrons. The molecule has 0 unspecified atom stereocenters. The molecular weight excluding hydrogens is 238 g/mol. The van der Waals surface area contributed by atoms with Gasteiger partial charge in [-0.3, -0.25) is 0 Å². The lowest BCUT2D eigenvalue weighted by Crippen LogP contribution is -2.19. The first kappa shape index (κ1) is 11.8. The summed E-state index contributed by atoms with van der Waals surface area (Å²) in [7, 11) is 0. The van der Waals surface area contributed by atoms with Crippen LogP contribution in [-0.2, 0) is 13.1 Å². The lowest BCUT2D eigenvalue weighted by molar-refractivity contribution is 0.0701. The van der Waals surface area contributed by atoms with Crippen LogP contribution >= 0.6 is 11.3 Å². The number of carbonyl (C=O) groups is 1. The number of nitrogens with one attached hydrogen (secondary N) is 1. The van der Waals surface area contributed by atoms with Crippen molar-refractivity contribution in [2.75, 3.05) is 6.54 Å². The third-order valence-electron chi connectivity index (χ3n) is 2.36. The zero-order chi connectivity index (χ0) is 12.1. The maximum absolute atomic E-state index is 10.9. The first-order valence-corrected chi connectivity index (χ1v) is 6.11. The molecule has 5 nitrogen and oxygen atoms in total. The van der Waals surface area contributed by atoms with Crippen molar-refractivity contribution in [2.24, 2.45) is 0 Å². The number of nitrogens with zero attached hydrogens (tertiary/aromatic N) is 2. The van der Waals surface area contributed by atoms with Crippen molar-refractivity contribution in [2.45, 2.75) is 13.1 Å². The second-order valence-corrected chi connectivity index (χ2v) is 4.47. The van der Waals surface area contributed by atoms with Crippen LogP contribution in [-0.4, -0.2) is 27.2 Å². The normalized spacial score (nSPS) is 10.6. The van der Waals surface area contributed by atoms with Crippen molar-refractivity contribution >= 4 is 17.3 Å². The van der Waals surface area contributed by atoms with Crippen LogP contribution in [0.4, 0.5) is 0 Å². The fraction of sp³-hybridized carbons (Fsp3) is 0.273. The van der Waals surface area contributed by atoms with Gasteiger partial charge < -0.3 is 15.0 Å². The molecule has 0 spiro atoms. The van der Waals surface area contributed by atoms with Gasteiger partial charge in [-0.05, 0) is 17.0 Å². The van der Waals surface area contributed by atoms with Gasteiger partial charge in [0.05, 0.1) is 6.33 Å². The Hall–Kier alpha value is -1.66. The topological polar surface area (TPSA) is 67.2 Å². The highest BCUT2D eigenvalue weighted by Crippen LogP contribution is 2.16. The van der Waals surface area contributed by atoms with E-state index in [1.807, 2.05) is 16.8 Å². The van der Waals surface area contributed by atoms with Gasteiger partial charge >= 0.3 is 5.97 Å². The van der Waals surface area contributed by atoms with Gasteiger partial charge in [0.15, 0.2) is 0 Å². The standard InChI is InChI=1S/C11H13N3O2S/c15-11(16)10-9(1-6-17-10)7-12-2-4-14-5-3-13-8-14/h1,3,5-6,8,12H,2,4,7H2,(H,15,16). The van der Waals surface area contributed by atoms with Gasteiger partial charge in [0.2, 0.25) is 0 Å². The molecule has 6 heteroatoms. The lowest BCUT2D eigenvalue weighted by atomic mass is 10.2. The molecule has 0 aliphatic rings.